The van der Waals surface area contributed by atoms with Gasteiger partial charge in [-0.3, -0.25) is 4.79 Å². The van der Waals surface area contributed by atoms with Gasteiger partial charge < -0.3 is 9.84 Å². The highest BCUT2D eigenvalue weighted by Gasteiger charge is 2.35. The lowest BCUT2D eigenvalue weighted by Gasteiger charge is -2.33. The quantitative estimate of drug-likeness (QED) is 0.719. The fourth-order valence-electron chi connectivity index (χ4n) is 4.33. The summed E-state index contributed by atoms with van der Waals surface area (Å²) in [6.07, 6.45) is 11.9. The van der Waals surface area contributed by atoms with Gasteiger partial charge in [0.25, 0.3) is 0 Å². The van der Waals surface area contributed by atoms with Crippen LogP contribution in [-0.4, -0.2) is 17.7 Å². The Morgan fingerprint density at radius 3 is 2.58 bits per heavy atom. The Hall–Kier alpha value is -1.77. The molecule has 1 spiro atoms. The maximum Gasteiger partial charge on any atom is 0.303 e. The summed E-state index contributed by atoms with van der Waals surface area (Å²) in [5.41, 5.74) is 3.07. The molecule has 0 amide bonds. The third-order valence-electron chi connectivity index (χ3n) is 5.73. The highest BCUT2D eigenvalue weighted by molar-refractivity contribution is 5.67. The van der Waals surface area contributed by atoms with E-state index in [9.17, 15) is 4.79 Å². The second-order valence-electron chi connectivity index (χ2n) is 7.64. The summed E-state index contributed by atoms with van der Waals surface area (Å²) in [6.45, 7) is 2.63. The number of hydrogen-bond donors (Lipinski definition) is 1. The van der Waals surface area contributed by atoms with Gasteiger partial charge in [-0.25, -0.2) is 0 Å². The number of rotatable bonds is 6. The third kappa shape index (κ3) is 4.19. The average Bonchev–Trinajstić information content (AvgIpc) is 3.00. The smallest absolute Gasteiger partial charge is 0.303 e. The monoisotopic (exact) mass is 328 g/mol. The van der Waals surface area contributed by atoms with E-state index < -0.39 is 5.97 Å². The lowest BCUT2D eigenvalue weighted by Crippen LogP contribution is -2.22. The van der Waals surface area contributed by atoms with Gasteiger partial charge in [0.05, 0.1) is 6.42 Å². The molecule has 2 aliphatic carbocycles. The summed E-state index contributed by atoms with van der Waals surface area (Å²) in [4.78, 5) is 10.8. The summed E-state index contributed by atoms with van der Waals surface area (Å²) in [5, 5.41) is 8.88. The van der Waals surface area contributed by atoms with Crippen molar-refractivity contribution in [2.75, 3.05) is 6.61 Å². The minimum atomic E-state index is -0.757. The van der Waals surface area contributed by atoms with E-state index in [0.29, 0.717) is 12.0 Å². The SMILES string of the molecule is CC(CC(=O)O)c1ccc(OCC2=CCCC3(CCCC3)C2)cc1. The Balaban J connectivity index is 1.53. The second kappa shape index (κ2) is 7.42. The second-order valence-corrected chi connectivity index (χ2v) is 7.64. The molecule has 1 fully saturated rings. The fourth-order valence-corrected chi connectivity index (χ4v) is 4.33. The zero-order chi connectivity index (χ0) is 17.0. The highest BCUT2D eigenvalue weighted by Crippen LogP contribution is 2.48. The zero-order valence-electron chi connectivity index (χ0n) is 14.6. The van der Waals surface area contributed by atoms with Crippen LogP contribution in [0.5, 0.6) is 5.75 Å². The average molecular weight is 328 g/mol. The molecular weight excluding hydrogens is 300 g/mol. The summed E-state index contributed by atoms with van der Waals surface area (Å²) >= 11 is 0. The molecule has 0 heterocycles. The summed E-state index contributed by atoms with van der Waals surface area (Å²) in [7, 11) is 0. The Morgan fingerprint density at radius 2 is 1.92 bits per heavy atom. The van der Waals surface area contributed by atoms with Crippen molar-refractivity contribution in [3.63, 3.8) is 0 Å². The molecule has 1 saturated carbocycles. The van der Waals surface area contributed by atoms with Gasteiger partial charge in [-0.2, -0.15) is 0 Å². The van der Waals surface area contributed by atoms with Crippen LogP contribution in [0.1, 0.15) is 69.8 Å². The molecule has 0 aliphatic heterocycles. The predicted octanol–water partition coefficient (Wildman–Crippen LogP) is 5.31. The van der Waals surface area contributed by atoms with E-state index in [1.807, 2.05) is 31.2 Å². The number of allylic oxidation sites excluding steroid dienone is 1. The van der Waals surface area contributed by atoms with Crippen molar-refractivity contribution in [1.29, 1.82) is 0 Å². The summed E-state index contributed by atoms with van der Waals surface area (Å²) in [5.74, 6) is 0.140. The van der Waals surface area contributed by atoms with Crippen LogP contribution in [0.15, 0.2) is 35.9 Å². The van der Waals surface area contributed by atoms with Crippen molar-refractivity contribution in [2.24, 2.45) is 5.41 Å². The molecule has 1 N–H and O–H groups in total. The molecule has 1 aromatic rings. The Bertz CT molecular complexity index is 594. The molecule has 24 heavy (non-hydrogen) atoms. The maximum atomic E-state index is 10.8. The van der Waals surface area contributed by atoms with Crippen LogP contribution in [0.25, 0.3) is 0 Å². The van der Waals surface area contributed by atoms with Gasteiger partial charge in [-0.05, 0) is 66.7 Å². The molecule has 0 saturated heterocycles. The molecule has 0 aromatic heterocycles. The molecule has 0 radical (unpaired) electrons. The number of carbonyl (C=O) groups is 1. The number of carboxylic acids is 1. The van der Waals surface area contributed by atoms with Crippen molar-refractivity contribution in [3.8, 4) is 5.75 Å². The first-order chi connectivity index (χ1) is 11.6. The van der Waals surface area contributed by atoms with Crippen LogP contribution in [0.3, 0.4) is 0 Å². The molecule has 2 aliphatic rings. The zero-order valence-corrected chi connectivity index (χ0v) is 14.6. The number of carboxylic acid groups (broad SMARTS) is 1. The molecule has 1 aromatic carbocycles. The van der Waals surface area contributed by atoms with Gasteiger partial charge in [0.1, 0.15) is 12.4 Å². The molecule has 130 valence electrons. The van der Waals surface area contributed by atoms with E-state index in [1.165, 1.54) is 50.5 Å². The van der Waals surface area contributed by atoms with Gasteiger partial charge in [0.15, 0.2) is 0 Å². The number of benzene rings is 1. The lowest BCUT2D eigenvalue weighted by molar-refractivity contribution is -0.137. The van der Waals surface area contributed by atoms with Crippen molar-refractivity contribution >= 4 is 5.97 Å². The molecule has 3 nitrogen and oxygen atoms in total. The predicted molar refractivity (Wildman–Crippen MR) is 95.4 cm³/mol. The Labute approximate surface area is 144 Å². The molecule has 3 heteroatoms. The van der Waals surface area contributed by atoms with Gasteiger partial charge in [-0.1, -0.05) is 38.0 Å². The van der Waals surface area contributed by atoms with Crippen LogP contribution in [-0.2, 0) is 4.79 Å². The number of ether oxygens (including phenoxy) is 1. The third-order valence-corrected chi connectivity index (χ3v) is 5.73. The van der Waals surface area contributed by atoms with Crippen LogP contribution in [0.4, 0.5) is 0 Å². The molecule has 0 bridgehead atoms. The first-order valence-electron chi connectivity index (χ1n) is 9.19. The van der Waals surface area contributed by atoms with Gasteiger partial charge in [0, 0.05) is 0 Å². The van der Waals surface area contributed by atoms with Crippen molar-refractivity contribution < 1.29 is 14.6 Å². The largest absolute Gasteiger partial charge is 0.489 e. The molecular formula is C21H28O3. The highest BCUT2D eigenvalue weighted by atomic mass is 16.5. The van der Waals surface area contributed by atoms with Crippen LogP contribution in [0.2, 0.25) is 0 Å². The van der Waals surface area contributed by atoms with E-state index in [1.54, 1.807) is 0 Å². The van der Waals surface area contributed by atoms with E-state index in [0.717, 1.165) is 11.3 Å². The van der Waals surface area contributed by atoms with Crippen molar-refractivity contribution in [2.45, 2.75) is 64.2 Å². The standard InChI is InChI=1S/C21H28O3/c1-16(13-20(22)23)18-6-8-19(9-7-18)24-15-17-5-4-12-21(14-17)10-2-3-11-21/h5-9,16H,2-4,10-15H2,1H3,(H,22,23). The van der Waals surface area contributed by atoms with E-state index in [-0.39, 0.29) is 12.3 Å². The van der Waals surface area contributed by atoms with Gasteiger partial charge >= 0.3 is 5.97 Å². The fraction of sp³-hybridized carbons (Fsp3) is 0.571. The van der Waals surface area contributed by atoms with E-state index in [2.05, 4.69) is 6.08 Å². The van der Waals surface area contributed by atoms with Gasteiger partial charge in [-0.15, -0.1) is 0 Å². The normalized spacial score (nSPS) is 20.6. The maximum absolute atomic E-state index is 10.8. The summed E-state index contributed by atoms with van der Waals surface area (Å²) in [6, 6.07) is 7.89. The topological polar surface area (TPSA) is 46.5 Å². The number of hydrogen-bond acceptors (Lipinski definition) is 2. The Morgan fingerprint density at radius 1 is 1.21 bits per heavy atom. The van der Waals surface area contributed by atoms with Crippen LogP contribution >= 0.6 is 0 Å². The first kappa shape index (κ1) is 17.1. The number of aliphatic carboxylic acids is 1. The van der Waals surface area contributed by atoms with Gasteiger partial charge in [0.2, 0.25) is 0 Å². The lowest BCUT2D eigenvalue weighted by atomic mass is 9.73. The first-order valence-corrected chi connectivity index (χ1v) is 9.19. The van der Waals surface area contributed by atoms with Crippen molar-refractivity contribution in [3.05, 3.63) is 41.5 Å². The van der Waals surface area contributed by atoms with E-state index in [4.69, 9.17) is 9.84 Å². The minimum absolute atomic E-state index is 0.0276. The van der Waals surface area contributed by atoms with E-state index >= 15 is 0 Å². The summed E-state index contributed by atoms with van der Waals surface area (Å²) < 4.78 is 5.98. The van der Waals surface area contributed by atoms with Crippen LogP contribution < -0.4 is 4.74 Å². The molecule has 1 unspecified atom stereocenters. The Kier molecular flexibility index (Phi) is 5.27. The molecule has 1 atom stereocenters. The van der Waals surface area contributed by atoms with Crippen molar-refractivity contribution in [1.82, 2.24) is 0 Å². The minimum Gasteiger partial charge on any atom is -0.489 e. The molecule has 3 rings (SSSR count). The van der Waals surface area contributed by atoms with Crippen LogP contribution in [0, 0.1) is 5.41 Å².